The van der Waals surface area contributed by atoms with Gasteiger partial charge in [-0.25, -0.2) is 14.0 Å². The van der Waals surface area contributed by atoms with Gasteiger partial charge in [0.1, 0.15) is 11.9 Å². The minimum absolute atomic E-state index is 0.0919. The largest absolute Gasteiger partial charge is 0.480 e. The fourth-order valence-electron chi connectivity index (χ4n) is 1.57. The first kappa shape index (κ1) is 16.4. The Balaban J connectivity index is 2.59. The van der Waals surface area contributed by atoms with E-state index in [-0.39, 0.29) is 16.9 Å². The van der Waals surface area contributed by atoms with Crippen molar-refractivity contribution in [1.29, 1.82) is 0 Å². The maximum Gasteiger partial charge on any atom is 0.326 e. The molecule has 1 rings (SSSR count). The minimum Gasteiger partial charge on any atom is -0.480 e. The summed E-state index contributed by atoms with van der Waals surface area (Å²) < 4.78 is 13.5. The number of carboxylic acid groups (broad SMARTS) is 1. The fraction of sp³-hybridized carbons (Fsp3) is 0.385. The normalized spacial score (nSPS) is 12.1. The molecule has 110 valence electrons. The molecule has 0 aliphatic rings. The number of amides is 2. The summed E-state index contributed by atoms with van der Waals surface area (Å²) in [6, 6.07) is 2.91. The van der Waals surface area contributed by atoms with Gasteiger partial charge >= 0.3 is 12.0 Å². The lowest BCUT2D eigenvalue weighted by atomic mass is 10.1. The summed E-state index contributed by atoms with van der Waals surface area (Å²) in [5.41, 5.74) is 0.566. The van der Waals surface area contributed by atoms with Gasteiger partial charge < -0.3 is 15.7 Å². The number of benzene rings is 1. The number of carbonyl (C=O) groups is 2. The highest BCUT2D eigenvalue weighted by Gasteiger charge is 2.23. The van der Waals surface area contributed by atoms with Crippen LogP contribution in [0.5, 0.6) is 0 Å². The molecule has 0 fully saturated rings. The summed E-state index contributed by atoms with van der Waals surface area (Å²) in [6.45, 7) is 3.49. The van der Waals surface area contributed by atoms with E-state index in [9.17, 15) is 14.0 Å². The van der Waals surface area contributed by atoms with Crippen molar-refractivity contribution in [1.82, 2.24) is 10.6 Å². The smallest absolute Gasteiger partial charge is 0.326 e. The fourth-order valence-corrected chi connectivity index (χ4v) is 1.97. The summed E-state index contributed by atoms with van der Waals surface area (Å²) in [5.74, 6) is -1.75. The monoisotopic (exact) mass is 346 g/mol. The van der Waals surface area contributed by atoms with Crippen LogP contribution >= 0.6 is 15.9 Å². The van der Waals surface area contributed by atoms with Crippen molar-refractivity contribution in [3.8, 4) is 0 Å². The Morgan fingerprint density at radius 1 is 1.40 bits per heavy atom. The van der Waals surface area contributed by atoms with Crippen molar-refractivity contribution < 1.29 is 19.1 Å². The Labute approximate surface area is 124 Å². The van der Waals surface area contributed by atoms with Gasteiger partial charge in [-0.05, 0) is 33.5 Å². The highest BCUT2D eigenvalue weighted by atomic mass is 79.9. The molecule has 0 radical (unpaired) electrons. The molecule has 0 spiro atoms. The van der Waals surface area contributed by atoms with Crippen LogP contribution in [0.4, 0.5) is 9.18 Å². The number of hydrogen-bond donors (Lipinski definition) is 3. The summed E-state index contributed by atoms with van der Waals surface area (Å²) in [5, 5.41) is 13.8. The molecule has 7 heteroatoms. The lowest BCUT2D eigenvalue weighted by molar-refractivity contribution is -0.140. The average molecular weight is 347 g/mol. The maximum atomic E-state index is 13.3. The molecule has 1 unspecified atom stereocenters. The quantitative estimate of drug-likeness (QED) is 0.766. The predicted molar refractivity (Wildman–Crippen MR) is 75.7 cm³/mol. The van der Waals surface area contributed by atoms with E-state index in [1.165, 1.54) is 12.1 Å². The number of aliphatic carboxylic acids is 1. The van der Waals surface area contributed by atoms with E-state index in [2.05, 4.69) is 26.6 Å². The van der Waals surface area contributed by atoms with Crippen molar-refractivity contribution in [2.75, 3.05) is 0 Å². The van der Waals surface area contributed by atoms with Crippen LogP contribution in [0.3, 0.4) is 0 Å². The molecule has 0 saturated carbocycles. The van der Waals surface area contributed by atoms with Gasteiger partial charge in [-0.2, -0.15) is 0 Å². The molecule has 1 aromatic carbocycles. The predicted octanol–water partition coefficient (Wildman–Crippen LogP) is 2.50. The van der Waals surface area contributed by atoms with Crippen LogP contribution in [0.2, 0.25) is 0 Å². The third-order valence-corrected chi connectivity index (χ3v) is 3.58. The summed E-state index contributed by atoms with van der Waals surface area (Å²) >= 11 is 3.09. The Bertz CT molecular complexity index is 508. The Hall–Kier alpha value is -1.63. The van der Waals surface area contributed by atoms with Gasteiger partial charge in [-0.3, -0.25) is 0 Å². The number of carbonyl (C=O) groups excluding carboxylic acids is 1. The molecule has 0 heterocycles. The van der Waals surface area contributed by atoms with E-state index >= 15 is 0 Å². The first-order valence-electron chi connectivity index (χ1n) is 6.03. The second kappa shape index (κ2) is 7.23. The van der Waals surface area contributed by atoms with Crippen molar-refractivity contribution in [2.24, 2.45) is 5.92 Å². The van der Waals surface area contributed by atoms with Crippen LogP contribution < -0.4 is 10.6 Å². The van der Waals surface area contributed by atoms with E-state index in [1.54, 1.807) is 19.9 Å². The standard InChI is InChI=1S/C13H16BrFN2O3/c1-7(2)11(12(18)19)17-13(20)16-6-8-4-3-5-9(15)10(8)14/h3-5,7,11H,6H2,1-2H3,(H,18,19)(H2,16,17,20). The number of nitrogens with one attached hydrogen (secondary N) is 2. The highest BCUT2D eigenvalue weighted by molar-refractivity contribution is 9.10. The lowest BCUT2D eigenvalue weighted by Crippen LogP contribution is -2.48. The zero-order chi connectivity index (χ0) is 15.3. The molecule has 0 aliphatic carbocycles. The van der Waals surface area contributed by atoms with Gasteiger partial charge in [0.25, 0.3) is 0 Å². The van der Waals surface area contributed by atoms with Gasteiger partial charge in [0.2, 0.25) is 0 Å². The van der Waals surface area contributed by atoms with Gasteiger partial charge in [-0.1, -0.05) is 26.0 Å². The molecule has 0 bridgehead atoms. The van der Waals surface area contributed by atoms with Crippen LogP contribution in [0.1, 0.15) is 19.4 Å². The van der Waals surface area contributed by atoms with Crippen LogP contribution in [0, 0.1) is 11.7 Å². The van der Waals surface area contributed by atoms with Crippen molar-refractivity contribution in [2.45, 2.75) is 26.4 Å². The van der Waals surface area contributed by atoms with E-state index in [4.69, 9.17) is 5.11 Å². The third-order valence-electron chi connectivity index (χ3n) is 2.69. The average Bonchev–Trinajstić information content (AvgIpc) is 2.37. The zero-order valence-electron chi connectivity index (χ0n) is 11.1. The van der Waals surface area contributed by atoms with Gasteiger partial charge in [0, 0.05) is 6.54 Å². The van der Waals surface area contributed by atoms with Crippen molar-refractivity contribution >= 4 is 27.9 Å². The molecule has 2 amide bonds. The van der Waals surface area contributed by atoms with Gasteiger partial charge in [0.15, 0.2) is 0 Å². The second-order valence-electron chi connectivity index (χ2n) is 4.60. The van der Waals surface area contributed by atoms with Crippen LogP contribution in [-0.2, 0) is 11.3 Å². The van der Waals surface area contributed by atoms with Gasteiger partial charge in [0.05, 0.1) is 4.47 Å². The van der Waals surface area contributed by atoms with E-state index in [1.807, 2.05) is 0 Å². The highest BCUT2D eigenvalue weighted by Crippen LogP contribution is 2.19. The molecule has 1 aromatic rings. The van der Waals surface area contributed by atoms with Crippen LogP contribution in [0.25, 0.3) is 0 Å². The van der Waals surface area contributed by atoms with Crippen LogP contribution in [-0.4, -0.2) is 23.1 Å². The number of rotatable bonds is 5. The van der Waals surface area contributed by atoms with E-state index < -0.39 is 23.9 Å². The second-order valence-corrected chi connectivity index (χ2v) is 5.39. The van der Waals surface area contributed by atoms with Gasteiger partial charge in [-0.15, -0.1) is 0 Å². The molecular weight excluding hydrogens is 331 g/mol. The Morgan fingerprint density at radius 3 is 2.60 bits per heavy atom. The minimum atomic E-state index is -1.10. The van der Waals surface area contributed by atoms with E-state index in [0.29, 0.717) is 5.56 Å². The molecule has 1 atom stereocenters. The SMILES string of the molecule is CC(C)C(NC(=O)NCc1cccc(F)c1Br)C(=O)O. The Morgan fingerprint density at radius 2 is 2.05 bits per heavy atom. The zero-order valence-corrected chi connectivity index (χ0v) is 12.7. The summed E-state index contributed by atoms with van der Waals surface area (Å²) in [6.07, 6.45) is 0. The molecular formula is C13H16BrFN2O3. The summed E-state index contributed by atoms with van der Waals surface area (Å²) in [4.78, 5) is 22.6. The molecule has 0 saturated heterocycles. The lowest BCUT2D eigenvalue weighted by Gasteiger charge is -2.18. The molecule has 5 nitrogen and oxygen atoms in total. The number of carboxylic acids is 1. The Kier molecular flexibility index (Phi) is 5.94. The van der Waals surface area contributed by atoms with Crippen molar-refractivity contribution in [3.05, 3.63) is 34.1 Å². The number of halogens is 2. The van der Waals surface area contributed by atoms with Crippen LogP contribution in [0.15, 0.2) is 22.7 Å². The molecule has 3 N–H and O–H groups in total. The summed E-state index contributed by atoms with van der Waals surface area (Å²) in [7, 11) is 0. The molecule has 20 heavy (non-hydrogen) atoms. The molecule has 0 aliphatic heterocycles. The third kappa shape index (κ3) is 4.48. The first-order valence-corrected chi connectivity index (χ1v) is 6.82. The number of hydrogen-bond acceptors (Lipinski definition) is 2. The molecule has 0 aromatic heterocycles. The van der Waals surface area contributed by atoms with Crippen molar-refractivity contribution in [3.63, 3.8) is 0 Å². The van der Waals surface area contributed by atoms with E-state index in [0.717, 1.165) is 0 Å². The topological polar surface area (TPSA) is 78.4 Å². The maximum absolute atomic E-state index is 13.3. The first-order chi connectivity index (χ1) is 9.32. The number of urea groups is 1.